The molecule has 4 aromatic rings. The fraction of sp³-hybridized carbons (Fsp3) is 0.250. The van der Waals surface area contributed by atoms with Crippen LogP contribution in [-0.4, -0.2) is 15.3 Å². The van der Waals surface area contributed by atoms with Gasteiger partial charge in [-0.25, -0.2) is 0 Å². The standard InChI is InChI=1S/C26H30O2.C6H6O/c1-15-11-23(17(3)19(5)25(15)27)13-21-7-9-22(10-8-21)14-24-12-16(2)26(28)20(6)18(24)4;7-6-4-2-1-3-5-6/h7-12,27-28H,13-14H2,1-6H3;1-5,7H. The van der Waals surface area contributed by atoms with Crippen LogP contribution >= 0.6 is 0 Å². The molecule has 0 aliphatic heterocycles. The summed E-state index contributed by atoms with van der Waals surface area (Å²) in [6.07, 6.45) is 1.73. The first-order chi connectivity index (χ1) is 16.6. The lowest BCUT2D eigenvalue weighted by Crippen LogP contribution is -1.98. The van der Waals surface area contributed by atoms with Gasteiger partial charge in [-0.2, -0.15) is 0 Å². The molecule has 0 spiro atoms. The average Bonchev–Trinajstić information content (AvgIpc) is 2.85. The highest BCUT2D eigenvalue weighted by Gasteiger charge is 2.11. The van der Waals surface area contributed by atoms with E-state index in [-0.39, 0.29) is 0 Å². The summed E-state index contributed by atoms with van der Waals surface area (Å²) in [7, 11) is 0. The fourth-order valence-corrected chi connectivity index (χ4v) is 4.31. The number of phenolic OH excluding ortho intramolecular Hbond substituents is 3. The number of aryl methyl sites for hydroxylation is 2. The first-order valence-corrected chi connectivity index (χ1v) is 12.0. The lowest BCUT2D eigenvalue weighted by molar-refractivity contribution is 0.465. The number of phenols is 3. The first-order valence-electron chi connectivity index (χ1n) is 12.0. The molecular formula is C32H36O3. The van der Waals surface area contributed by atoms with Crippen LogP contribution in [0.4, 0.5) is 0 Å². The van der Waals surface area contributed by atoms with Gasteiger partial charge in [-0.15, -0.1) is 0 Å². The maximum Gasteiger partial charge on any atom is 0.121 e. The fourth-order valence-electron chi connectivity index (χ4n) is 4.31. The molecule has 0 radical (unpaired) electrons. The van der Waals surface area contributed by atoms with E-state index in [1.807, 2.05) is 33.8 Å². The van der Waals surface area contributed by atoms with Crippen LogP contribution in [0, 0.1) is 41.5 Å². The zero-order valence-electron chi connectivity index (χ0n) is 21.6. The second-order valence-electron chi connectivity index (χ2n) is 9.41. The molecule has 0 fully saturated rings. The van der Waals surface area contributed by atoms with Crippen LogP contribution in [0.2, 0.25) is 0 Å². The molecule has 0 aliphatic carbocycles. The van der Waals surface area contributed by atoms with Gasteiger partial charge in [0.25, 0.3) is 0 Å². The third kappa shape index (κ3) is 6.24. The van der Waals surface area contributed by atoms with E-state index >= 15 is 0 Å². The van der Waals surface area contributed by atoms with Crippen molar-refractivity contribution in [2.24, 2.45) is 0 Å². The van der Waals surface area contributed by atoms with Gasteiger partial charge in [-0.05, 0) is 122 Å². The predicted molar refractivity (Wildman–Crippen MR) is 145 cm³/mol. The summed E-state index contributed by atoms with van der Waals surface area (Å²) < 4.78 is 0. The van der Waals surface area contributed by atoms with Crippen LogP contribution in [0.5, 0.6) is 17.2 Å². The molecule has 0 atom stereocenters. The molecule has 3 N–H and O–H groups in total. The maximum absolute atomic E-state index is 10.1. The van der Waals surface area contributed by atoms with Crippen LogP contribution in [0.15, 0.2) is 66.7 Å². The van der Waals surface area contributed by atoms with Gasteiger partial charge in [-0.1, -0.05) is 54.6 Å². The molecule has 0 saturated heterocycles. The van der Waals surface area contributed by atoms with E-state index in [1.165, 1.54) is 22.3 Å². The van der Waals surface area contributed by atoms with Crippen molar-refractivity contribution in [3.63, 3.8) is 0 Å². The molecule has 182 valence electrons. The van der Waals surface area contributed by atoms with Crippen molar-refractivity contribution in [3.05, 3.63) is 122 Å². The first kappa shape index (κ1) is 25.9. The molecule has 3 nitrogen and oxygen atoms in total. The molecule has 4 aromatic carbocycles. The number of para-hydroxylation sites is 1. The molecule has 35 heavy (non-hydrogen) atoms. The summed E-state index contributed by atoms with van der Waals surface area (Å²) in [5, 5.41) is 28.9. The van der Waals surface area contributed by atoms with Gasteiger partial charge in [0.15, 0.2) is 0 Å². The second kappa shape index (κ2) is 11.1. The summed E-state index contributed by atoms with van der Waals surface area (Å²) in [5.41, 5.74) is 11.2. The second-order valence-corrected chi connectivity index (χ2v) is 9.41. The third-order valence-corrected chi connectivity index (χ3v) is 6.90. The maximum atomic E-state index is 10.1. The van der Waals surface area contributed by atoms with Crippen LogP contribution in [0.25, 0.3) is 0 Å². The lowest BCUT2D eigenvalue weighted by Gasteiger charge is -2.14. The smallest absolute Gasteiger partial charge is 0.121 e. The Kier molecular flexibility index (Phi) is 8.24. The van der Waals surface area contributed by atoms with Gasteiger partial charge in [0.1, 0.15) is 17.2 Å². The number of hydrogen-bond acceptors (Lipinski definition) is 3. The molecule has 4 rings (SSSR count). The van der Waals surface area contributed by atoms with Gasteiger partial charge in [-0.3, -0.25) is 0 Å². The predicted octanol–water partition coefficient (Wildman–Crippen LogP) is 7.52. The van der Waals surface area contributed by atoms with Gasteiger partial charge in [0.05, 0.1) is 0 Å². The Bertz CT molecular complexity index is 1220. The SMILES string of the molecule is Cc1cc(Cc2ccc(Cc3cc(C)c(O)c(C)c3C)cc2)c(C)c(C)c1O.Oc1ccccc1. The zero-order chi connectivity index (χ0) is 25.7. The van der Waals surface area contributed by atoms with Crippen LogP contribution in [-0.2, 0) is 12.8 Å². The molecule has 3 heteroatoms. The Labute approximate surface area is 209 Å². The summed E-state index contributed by atoms with van der Waals surface area (Å²) in [6, 6.07) is 21.7. The van der Waals surface area contributed by atoms with Gasteiger partial charge in [0.2, 0.25) is 0 Å². The van der Waals surface area contributed by atoms with Crippen molar-refractivity contribution in [2.75, 3.05) is 0 Å². The van der Waals surface area contributed by atoms with Gasteiger partial charge >= 0.3 is 0 Å². The van der Waals surface area contributed by atoms with Crippen molar-refractivity contribution in [3.8, 4) is 17.2 Å². The molecular weight excluding hydrogens is 432 g/mol. The molecule has 0 unspecified atom stereocenters. The Morgan fingerprint density at radius 3 is 1.17 bits per heavy atom. The van der Waals surface area contributed by atoms with E-state index in [9.17, 15) is 10.2 Å². The van der Waals surface area contributed by atoms with Crippen LogP contribution in [0.1, 0.15) is 55.6 Å². The zero-order valence-corrected chi connectivity index (χ0v) is 21.6. The van der Waals surface area contributed by atoms with Gasteiger partial charge in [0, 0.05) is 0 Å². The molecule has 0 saturated carbocycles. The third-order valence-electron chi connectivity index (χ3n) is 6.90. The van der Waals surface area contributed by atoms with Crippen molar-refractivity contribution >= 4 is 0 Å². The monoisotopic (exact) mass is 468 g/mol. The highest BCUT2D eigenvalue weighted by molar-refractivity contribution is 5.51. The summed E-state index contributed by atoms with van der Waals surface area (Å²) in [6.45, 7) is 12.0. The normalized spacial score (nSPS) is 10.6. The highest BCUT2D eigenvalue weighted by atomic mass is 16.3. The largest absolute Gasteiger partial charge is 0.508 e. The van der Waals surface area contributed by atoms with E-state index < -0.39 is 0 Å². The molecule has 0 aromatic heterocycles. The molecule has 0 heterocycles. The molecule has 0 bridgehead atoms. The van der Waals surface area contributed by atoms with E-state index in [4.69, 9.17) is 5.11 Å². The minimum absolute atomic E-state index is 0.322. The topological polar surface area (TPSA) is 60.7 Å². The lowest BCUT2D eigenvalue weighted by atomic mass is 9.92. The highest BCUT2D eigenvalue weighted by Crippen LogP contribution is 2.30. The summed E-state index contributed by atoms with van der Waals surface area (Å²) >= 11 is 0. The molecule has 0 amide bonds. The number of rotatable bonds is 4. The summed E-state index contributed by atoms with van der Waals surface area (Å²) in [4.78, 5) is 0. The van der Waals surface area contributed by atoms with Crippen LogP contribution < -0.4 is 0 Å². The minimum atomic E-state index is 0.322. The Hall–Kier alpha value is -3.72. The Morgan fingerprint density at radius 2 is 0.857 bits per heavy atom. The van der Waals surface area contributed by atoms with E-state index in [0.717, 1.165) is 46.2 Å². The van der Waals surface area contributed by atoms with E-state index in [2.05, 4.69) is 50.2 Å². The number of benzene rings is 4. The van der Waals surface area contributed by atoms with Crippen LogP contribution in [0.3, 0.4) is 0 Å². The van der Waals surface area contributed by atoms with Crippen molar-refractivity contribution in [1.82, 2.24) is 0 Å². The molecule has 0 aliphatic rings. The van der Waals surface area contributed by atoms with Crippen molar-refractivity contribution in [1.29, 1.82) is 0 Å². The van der Waals surface area contributed by atoms with E-state index in [0.29, 0.717) is 17.2 Å². The van der Waals surface area contributed by atoms with Crippen molar-refractivity contribution in [2.45, 2.75) is 54.4 Å². The number of aromatic hydroxyl groups is 3. The Balaban J connectivity index is 0.000000420. The average molecular weight is 469 g/mol. The quantitative estimate of drug-likeness (QED) is 0.290. The number of hydrogen-bond donors (Lipinski definition) is 3. The Morgan fingerprint density at radius 1 is 0.486 bits per heavy atom. The minimum Gasteiger partial charge on any atom is -0.508 e. The van der Waals surface area contributed by atoms with Crippen molar-refractivity contribution < 1.29 is 15.3 Å². The summed E-state index contributed by atoms with van der Waals surface area (Å²) in [5.74, 6) is 1.14. The van der Waals surface area contributed by atoms with Gasteiger partial charge < -0.3 is 15.3 Å². The van der Waals surface area contributed by atoms with E-state index in [1.54, 1.807) is 24.3 Å².